The van der Waals surface area contributed by atoms with Gasteiger partial charge in [0.05, 0.1) is 22.6 Å². The predicted octanol–water partition coefficient (Wildman–Crippen LogP) is 5.50. The number of nitrogens with two attached hydrogens (primary N) is 1. The molecule has 3 aliphatic heterocycles. The minimum atomic E-state index is -1.01. The molecule has 0 aliphatic carbocycles. The Kier molecular flexibility index (Phi) is 10.6. The first-order chi connectivity index (χ1) is 27.8. The van der Waals surface area contributed by atoms with Gasteiger partial charge in [-0.15, -0.1) is 0 Å². The number of amides is 5. The summed E-state index contributed by atoms with van der Waals surface area (Å²) in [5, 5.41) is 11.2. The number of nitrogens with one attached hydrogen (secondary N) is 2. The third kappa shape index (κ3) is 7.64. The van der Waals surface area contributed by atoms with Crippen LogP contribution in [-0.4, -0.2) is 84.8 Å². The fraction of sp³-hybridized carbons (Fsp3) is 0.333. The second kappa shape index (κ2) is 16.2. The van der Waals surface area contributed by atoms with Crippen molar-refractivity contribution in [2.75, 3.05) is 30.7 Å². The molecule has 3 aromatic carbocycles. The van der Waals surface area contributed by atoms with Crippen molar-refractivity contribution in [2.24, 2.45) is 0 Å². The van der Waals surface area contributed by atoms with Crippen molar-refractivity contribution in [1.29, 1.82) is 0 Å². The van der Waals surface area contributed by atoms with Gasteiger partial charge in [-0.25, -0.2) is 14.6 Å². The van der Waals surface area contributed by atoms with Crippen LogP contribution in [0, 0.1) is 0 Å². The van der Waals surface area contributed by atoms with E-state index in [2.05, 4.69) is 20.6 Å². The quantitative estimate of drug-likeness (QED) is 0.101. The van der Waals surface area contributed by atoms with Gasteiger partial charge in [-0.1, -0.05) is 37.1 Å². The van der Waals surface area contributed by atoms with E-state index in [9.17, 15) is 24.0 Å². The van der Waals surface area contributed by atoms with E-state index in [-0.39, 0.29) is 35.9 Å². The van der Waals surface area contributed by atoms with Crippen molar-refractivity contribution in [3.63, 3.8) is 0 Å². The number of carbonyl (C=O) groups is 5. The number of hydrogen-bond donors (Lipinski definition) is 3. The van der Waals surface area contributed by atoms with Gasteiger partial charge in [0.2, 0.25) is 17.7 Å². The van der Waals surface area contributed by atoms with Gasteiger partial charge >= 0.3 is 0 Å². The van der Waals surface area contributed by atoms with Gasteiger partial charge in [-0.05, 0) is 80.6 Å². The normalized spacial score (nSPS) is 18.2. The number of likely N-dealkylation sites (tertiary alicyclic amines) is 1. The van der Waals surface area contributed by atoms with Crippen LogP contribution in [0.2, 0.25) is 0 Å². The fourth-order valence-electron chi connectivity index (χ4n) is 7.94. The van der Waals surface area contributed by atoms with Crippen molar-refractivity contribution in [1.82, 2.24) is 34.9 Å². The summed E-state index contributed by atoms with van der Waals surface area (Å²) in [5.41, 5.74) is 9.59. The van der Waals surface area contributed by atoms with Crippen molar-refractivity contribution in [2.45, 2.75) is 69.9 Å². The largest absolute Gasteiger partial charge is 0.457 e. The van der Waals surface area contributed by atoms with Crippen LogP contribution >= 0.6 is 0 Å². The van der Waals surface area contributed by atoms with Crippen LogP contribution < -0.4 is 21.1 Å². The maximum Gasteiger partial charge on any atom is 0.264 e. The molecule has 15 nitrogen and oxygen atoms in total. The summed E-state index contributed by atoms with van der Waals surface area (Å²) >= 11 is 0. The molecular formula is C42H43N9O6. The Morgan fingerprint density at radius 1 is 0.877 bits per heavy atom. The van der Waals surface area contributed by atoms with Crippen LogP contribution in [0.4, 0.5) is 11.5 Å². The molecule has 2 aromatic heterocycles. The Labute approximate surface area is 328 Å². The molecular weight excluding hydrogens is 727 g/mol. The highest BCUT2D eigenvalue weighted by Gasteiger charge is 2.45. The first-order valence-electron chi connectivity index (χ1n) is 19.4. The highest BCUT2D eigenvalue weighted by Crippen LogP contribution is 2.36. The lowest BCUT2D eigenvalue weighted by atomic mass is 10.0. The fourth-order valence-corrected chi connectivity index (χ4v) is 7.94. The number of para-hydroxylation sites is 1. The van der Waals surface area contributed by atoms with E-state index in [1.807, 2.05) is 64.2 Å². The van der Waals surface area contributed by atoms with Gasteiger partial charge in [0.15, 0.2) is 5.65 Å². The van der Waals surface area contributed by atoms with E-state index >= 15 is 0 Å². The number of carbonyl (C=O) groups excluding carboxylic acids is 5. The smallest absolute Gasteiger partial charge is 0.264 e. The number of fused-ring (bicyclic) bond motifs is 2. The highest BCUT2D eigenvalue weighted by molar-refractivity contribution is 6.25. The summed E-state index contributed by atoms with van der Waals surface area (Å²) < 4.78 is 7.88. The zero-order chi connectivity index (χ0) is 39.5. The predicted molar refractivity (Wildman–Crippen MR) is 211 cm³/mol. The SMILES string of the molecule is Nc1ncnc2c1c(-c1ccc(Oc3ccccc3)cc1)nn2C1CCCN(C(=O)CCCCCCNc2cccc3c2C(=O)N(C2CCC(=O)NC2=O)C3=O)C1. The van der Waals surface area contributed by atoms with Crippen LogP contribution in [0.5, 0.6) is 11.5 Å². The minimum absolute atomic E-state index is 0.0672. The standard InChI is InChI=1S/C42H43N9O6/c43-38-36-37(26-16-18-29(19-17-26)57-28-11-4-3-5-12-28)48-51(39(36)46-25-45-38)27-10-9-23-49(24-27)34(53)15-6-1-2-7-22-44-31-14-8-13-30-35(31)42(56)50(41(30)55)32-20-21-33(52)47-40(32)54/h3-5,8,11-14,16-19,25,27,32,44H,1-2,6-7,9-10,15,20-24H2,(H2,43,45,46)(H,47,52,54). The Bertz CT molecular complexity index is 2350. The molecule has 4 N–H and O–H groups in total. The van der Waals surface area contributed by atoms with E-state index < -0.39 is 29.7 Å². The summed E-state index contributed by atoms with van der Waals surface area (Å²) in [4.78, 5) is 75.7. The van der Waals surface area contributed by atoms with Crippen molar-refractivity contribution < 1.29 is 28.7 Å². The average molecular weight is 770 g/mol. The Balaban J connectivity index is 0.830. The van der Waals surface area contributed by atoms with Gasteiger partial charge in [-0.2, -0.15) is 5.10 Å². The third-order valence-corrected chi connectivity index (χ3v) is 10.8. The van der Waals surface area contributed by atoms with E-state index in [0.29, 0.717) is 60.0 Å². The minimum Gasteiger partial charge on any atom is -0.457 e. The molecule has 2 atom stereocenters. The van der Waals surface area contributed by atoms with Crippen molar-refractivity contribution in [3.8, 4) is 22.8 Å². The van der Waals surface area contributed by atoms with E-state index in [1.165, 1.54) is 6.33 Å². The Morgan fingerprint density at radius 3 is 2.47 bits per heavy atom. The van der Waals surface area contributed by atoms with Gasteiger partial charge in [0, 0.05) is 43.7 Å². The van der Waals surface area contributed by atoms with Gasteiger partial charge < -0.3 is 20.7 Å². The lowest BCUT2D eigenvalue weighted by Crippen LogP contribution is -2.54. The highest BCUT2D eigenvalue weighted by atomic mass is 16.5. The summed E-state index contributed by atoms with van der Waals surface area (Å²) in [7, 11) is 0. The summed E-state index contributed by atoms with van der Waals surface area (Å²) in [5.74, 6) is -0.214. The van der Waals surface area contributed by atoms with Crippen LogP contribution in [0.3, 0.4) is 0 Å². The van der Waals surface area contributed by atoms with Gasteiger partial charge in [0.25, 0.3) is 11.8 Å². The number of ether oxygens (including phenoxy) is 1. The lowest BCUT2D eigenvalue weighted by Gasteiger charge is -2.33. The Morgan fingerprint density at radius 2 is 1.67 bits per heavy atom. The number of nitrogens with zero attached hydrogens (tertiary/aromatic N) is 6. The van der Waals surface area contributed by atoms with Crippen molar-refractivity contribution >= 4 is 52.1 Å². The maximum atomic E-state index is 13.4. The number of rotatable bonds is 13. The number of hydrogen-bond acceptors (Lipinski definition) is 11. The molecule has 3 aliphatic rings. The molecule has 2 fully saturated rings. The van der Waals surface area contributed by atoms with E-state index in [4.69, 9.17) is 15.6 Å². The topological polar surface area (TPSA) is 195 Å². The van der Waals surface area contributed by atoms with E-state index in [1.54, 1.807) is 18.2 Å². The third-order valence-electron chi connectivity index (χ3n) is 10.8. The first kappa shape index (κ1) is 37.3. The Hall–Kier alpha value is -6.64. The number of aromatic nitrogens is 4. The molecule has 5 heterocycles. The lowest BCUT2D eigenvalue weighted by molar-refractivity contribution is -0.136. The number of nitrogen functional groups attached to an aromatic ring is 1. The average Bonchev–Trinajstić information content (AvgIpc) is 3.74. The molecule has 0 saturated carbocycles. The molecule has 2 saturated heterocycles. The first-order valence-corrected chi connectivity index (χ1v) is 19.4. The number of benzene rings is 3. The molecule has 57 heavy (non-hydrogen) atoms. The summed E-state index contributed by atoms with van der Waals surface area (Å²) in [6.07, 6.45) is 7.02. The maximum absolute atomic E-state index is 13.4. The molecule has 0 spiro atoms. The van der Waals surface area contributed by atoms with Gasteiger partial charge in [-0.3, -0.25) is 34.2 Å². The zero-order valence-corrected chi connectivity index (χ0v) is 31.4. The molecule has 2 unspecified atom stereocenters. The summed E-state index contributed by atoms with van der Waals surface area (Å²) in [6, 6.07) is 21.2. The van der Waals surface area contributed by atoms with Crippen LogP contribution in [0.25, 0.3) is 22.3 Å². The monoisotopic (exact) mass is 769 g/mol. The molecule has 15 heteroatoms. The number of anilines is 2. The number of piperidine rings is 2. The van der Waals surface area contributed by atoms with Crippen LogP contribution in [0.15, 0.2) is 79.1 Å². The number of unbranched alkanes of at least 4 members (excludes halogenated alkanes) is 3. The summed E-state index contributed by atoms with van der Waals surface area (Å²) in [6.45, 7) is 1.78. The molecule has 5 aromatic rings. The second-order valence-corrected chi connectivity index (χ2v) is 14.6. The van der Waals surface area contributed by atoms with Crippen LogP contribution in [-0.2, 0) is 14.4 Å². The van der Waals surface area contributed by atoms with Crippen LogP contribution in [0.1, 0.15) is 84.5 Å². The molecule has 8 rings (SSSR count). The number of imide groups is 2. The molecule has 5 amide bonds. The second-order valence-electron chi connectivity index (χ2n) is 14.6. The van der Waals surface area contributed by atoms with Gasteiger partial charge in [0.1, 0.15) is 35.4 Å². The molecule has 0 radical (unpaired) electrons. The molecule has 0 bridgehead atoms. The van der Waals surface area contributed by atoms with Crippen molar-refractivity contribution in [3.05, 3.63) is 90.3 Å². The zero-order valence-electron chi connectivity index (χ0n) is 31.4. The molecule has 292 valence electrons. The van der Waals surface area contributed by atoms with E-state index in [0.717, 1.165) is 54.7 Å².